The van der Waals surface area contributed by atoms with Gasteiger partial charge < -0.3 is 10.6 Å². The summed E-state index contributed by atoms with van der Waals surface area (Å²) in [4.78, 5) is 24.6. The molecule has 2 N–H and O–H groups in total. The maximum atomic E-state index is 12.4. The van der Waals surface area contributed by atoms with Gasteiger partial charge in [0, 0.05) is 12.2 Å². The number of rotatable bonds is 6. The van der Waals surface area contributed by atoms with E-state index < -0.39 is 0 Å². The van der Waals surface area contributed by atoms with Crippen molar-refractivity contribution in [3.63, 3.8) is 0 Å². The van der Waals surface area contributed by atoms with Crippen LogP contribution < -0.4 is 10.6 Å². The smallest absolute Gasteiger partial charge is 0.228 e. The van der Waals surface area contributed by atoms with E-state index in [1.54, 1.807) is 0 Å². The van der Waals surface area contributed by atoms with Gasteiger partial charge in [0.15, 0.2) is 0 Å². The van der Waals surface area contributed by atoms with Gasteiger partial charge in [0.05, 0.1) is 11.8 Å². The Labute approximate surface area is 150 Å². The second-order valence-electron chi connectivity index (χ2n) is 7.41. The molecule has 2 aliphatic carbocycles. The summed E-state index contributed by atoms with van der Waals surface area (Å²) in [6, 6.07) is 6.00. The summed E-state index contributed by atoms with van der Waals surface area (Å²) in [5.41, 5.74) is 4.47. The lowest BCUT2D eigenvalue weighted by Gasteiger charge is -2.13. The highest BCUT2D eigenvalue weighted by Gasteiger charge is 2.47. The third-order valence-electron chi connectivity index (χ3n) is 5.25. The summed E-state index contributed by atoms with van der Waals surface area (Å²) < 4.78 is 0. The molecule has 1 fully saturated rings. The highest BCUT2D eigenvalue weighted by Crippen LogP contribution is 2.39. The Balaban J connectivity index is 1.43. The molecule has 0 aromatic heterocycles. The zero-order chi connectivity index (χ0) is 17.8. The summed E-state index contributed by atoms with van der Waals surface area (Å²) in [6.07, 6.45) is 8.81. The normalized spacial score (nSPS) is 22.1. The average molecular weight is 340 g/mol. The third-order valence-corrected chi connectivity index (χ3v) is 5.25. The van der Waals surface area contributed by atoms with Crippen molar-refractivity contribution in [2.24, 2.45) is 11.8 Å². The van der Waals surface area contributed by atoms with E-state index in [4.69, 9.17) is 0 Å². The van der Waals surface area contributed by atoms with Gasteiger partial charge in [0.1, 0.15) is 0 Å². The van der Waals surface area contributed by atoms with Crippen LogP contribution in [0.3, 0.4) is 0 Å². The zero-order valence-corrected chi connectivity index (χ0v) is 15.2. The first kappa shape index (κ1) is 17.7. The molecule has 1 aromatic carbocycles. The number of carbonyl (C=O) groups is 2. The number of benzene rings is 1. The minimum atomic E-state index is -0.186. The van der Waals surface area contributed by atoms with Crippen LogP contribution in [0.4, 0.5) is 5.69 Å². The number of hydrogen-bond acceptors (Lipinski definition) is 2. The molecule has 0 saturated heterocycles. The molecule has 0 spiro atoms. The predicted molar refractivity (Wildman–Crippen MR) is 100 cm³/mol. The van der Waals surface area contributed by atoms with E-state index in [9.17, 15) is 9.59 Å². The fourth-order valence-electron chi connectivity index (χ4n) is 3.48. The number of carbonyl (C=O) groups excluding carboxylic acids is 2. The molecule has 1 aromatic rings. The molecule has 0 bridgehead atoms. The quantitative estimate of drug-likeness (QED) is 0.772. The van der Waals surface area contributed by atoms with E-state index in [-0.39, 0.29) is 23.7 Å². The topological polar surface area (TPSA) is 58.2 Å². The Bertz CT molecular complexity index is 693. The van der Waals surface area contributed by atoms with Gasteiger partial charge >= 0.3 is 0 Å². The first-order valence-corrected chi connectivity index (χ1v) is 9.38. The number of amides is 2. The van der Waals surface area contributed by atoms with Crippen molar-refractivity contribution in [1.29, 1.82) is 0 Å². The van der Waals surface area contributed by atoms with E-state index in [1.807, 2.05) is 32.0 Å². The summed E-state index contributed by atoms with van der Waals surface area (Å²) in [6.45, 7) is 4.67. The molecule has 0 aliphatic heterocycles. The van der Waals surface area contributed by atoms with Crippen molar-refractivity contribution >= 4 is 17.5 Å². The average Bonchev–Trinajstić information content (AvgIpc) is 3.40. The number of nitrogens with one attached hydrogen (secondary N) is 2. The molecule has 0 radical (unpaired) electrons. The van der Waals surface area contributed by atoms with Crippen LogP contribution in [0.5, 0.6) is 0 Å². The first-order valence-electron chi connectivity index (χ1n) is 9.38. The number of aryl methyl sites for hydroxylation is 2. The Morgan fingerprint density at radius 2 is 1.92 bits per heavy atom. The van der Waals surface area contributed by atoms with E-state index in [1.165, 1.54) is 31.3 Å². The van der Waals surface area contributed by atoms with Crippen LogP contribution in [0.1, 0.15) is 49.7 Å². The molecule has 2 unspecified atom stereocenters. The molecule has 25 heavy (non-hydrogen) atoms. The molecule has 4 nitrogen and oxygen atoms in total. The summed E-state index contributed by atoms with van der Waals surface area (Å²) in [7, 11) is 0. The second-order valence-corrected chi connectivity index (χ2v) is 7.41. The Morgan fingerprint density at radius 3 is 2.68 bits per heavy atom. The van der Waals surface area contributed by atoms with Gasteiger partial charge in [0.25, 0.3) is 0 Å². The summed E-state index contributed by atoms with van der Waals surface area (Å²) >= 11 is 0. The van der Waals surface area contributed by atoms with Crippen LogP contribution in [0.25, 0.3) is 0 Å². The van der Waals surface area contributed by atoms with Gasteiger partial charge in [-0.15, -0.1) is 0 Å². The van der Waals surface area contributed by atoms with Gasteiger partial charge in [-0.2, -0.15) is 0 Å². The fraction of sp³-hybridized carbons (Fsp3) is 0.524. The van der Waals surface area contributed by atoms with E-state index in [0.29, 0.717) is 13.0 Å². The Kier molecular flexibility index (Phi) is 5.57. The minimum Gasteiger partial charge on any atom is -0.356 e. The molecular formula is C21H28N2O2. The monoisotopic (exact) mass is 340 g/mol. The lowest BCUT2D eigenvalue weighted by Crippen LogP contribution is -2.28. The molecule has 0 heterocycles. The molecule has 1 saturated carbocycles. The molecule has 134 valence electrons. The van der Waals surface area contributed by atoms with Crippen LogP contribution >= 0.6 is 0 Å². The number of anilines is 1. The van der Waals surface area contributed by atoms with Gasteiger partial charge in [0.2, 0.25) is 11.8 Å². The van der Waals surface area contributed by atoms with Crippen molar-refractivity contribution in [2.75, 3.05) is 11.9 Å². The summed E-state index contributed by atoms with van der Waals surface area (Å²) in [5, 5.41) is 5.98. The highest BCUT2D eigenvalue weighted by atomic mass is 16.2. The lowest BCUT2D eigenvalue weighted by atomic mass is 9.97. The SMILES string of the molecule is Cc1ccc(C)c(NC(=O)C2CC2C(=O)NCCC2=CCCCC2)c1. The first-order chi connectivity index (χ1) is 12.0. The third kappa shape index (κ3) is 4.71. The van der Waals surface area contributed by atoms with E-state index >= 15 is 0 Å². The molecule has 4 heteroatoms. The second kappa shape index (κ2) is 7.85. The summed E-state index contributed by atoms with van der Waals surface area (Å²) in [5.74, 6) is -0.361. The Morgan fingerprint density at radius 1 is 1.12 bits per heavy atom. The van der Waals surface area contributed by atoms with Crippen LogP contribution in [0, 0.1) is 25.7 Å². The minimum absolute atomic E-state index is 0.0255. The van der Waals surface area contributed by atoms with Crippen molar-refractivity contribution in [1.82, 2.24) is 5.32 Å². The maximum Gasteiger partial charge on any atom is 0.228 e. The largest absolute Gasteiger partial charge is 0.356 e. The van der Waals surface area contributed by atoms with E-state index in [2.05, 4.69) is 16.7 Å². The van der Waals surface area contributed by atoms with Crippen molar-refractivity contribution < 1.29 is 9.59 Å². The standard InChI is InChI=1S/C21H28N2O2/c1-14-8-9-15(2)19(12-14)23-21(25)18-13-17(18)20(24)22-11-10-16-6-4-3-5-7-16/h6,8-9,12,17-18H,3-5,7,10-11,13H2,1-2H3,(H,22,24)(H,23,25). The predicted octanol–water partition coefficient (Wildman–Crippen LogP) is 3.88. The van der Waals surface area contributed by atoms with E-state index in [0.717, 1.165) is 23.2 Å². The maximum absolute atomic E-state index is 12.4. The van der Waals surface area contributed by atoms with Crippen molar-refractivity contribution in [3.8, 4) is 0 Å². The number of hydrogen-bond donors (Lipinski definition) is 2. The number of allylic oxidation sites excluding steroid dienone is 1. The zero-order valence-electron chi connectivity index (χ0n) is 15.2. The lowest BCUT2D eigenvalue weighted by molar-refractivity contribution is -0.125. The van der Waals surface area contributed by atoms with Gasteiger partial charge in [-0.3, -0.25) is 9.59 Å². The van der Waals surface area contributed by atoms with Crippen molar-refractivity contribution in [3.05, 3.63) is 41.0 Å². The Hall–Kier alpha value is -2.10. The van der Waals surface area contributed by atoms with Gasteiger partial charge in [-0.05, 0) is 69.6 Å². The molecule has 2 atom stereocenters. The fourth-order valence-corrected chi connectivity index (χ4v) is 3.48. The van der Waals surface area contributed by atoms with Crippen molar-refractivity contribution in [2.45, 2.75) is 52.4 Å². The van der Waals surface area contributed by atoms with Crippen LogP contribution in [-0.2, 0) is 9.59 Å². The van der Waals surface area contributed by atoms with Crippen LogP contribution in [0.15, 0.2) is 29.8 Å². The molecule has 3 rings (SSSR count). The van der Waals surface area contributed by atoms with Gasteiger partial charge in [-0.25, -0.2) is 0 Å². The highest BCUT2D eigenvalue weighted by molar-refractivity contribution is 5.99. The molecule has 2 amide bonds. The van der Waals surface area contributed by atoms with Crippen LogP contribution in [0.2, 0.25) is 0 Å². The molecular weight excluding hydrogens is 312 g/mol. The van der Waals surface area contributed by atoms with Crippen LogP contribution in [-0.4, -0.2) is 18.4 Å². The molecule has 2 aliphatic rings. The van der Waals surface area contributed by atoms with Gasteiger partial charge in [-0.1, -0.05) is 23.8 Å².